The van der Waals surface area contributed by atoms with Crippen molar-refractivity contribution in [1.29, 1.82) is 0 Å². The minimum Gasteiger partial charge on any atom is -0.478 e. The molecule has 0 aliphatic carbocycles. The third kappa shape index (κ3) is 4.35. The van der Waals surface area contributed by atoms with E-state index in [1.165, 1.54) is 0 Å². The van der Waals surface area contributed by atoms with Gasteiger partial charge in [0.25, 0.3) is 0 Å². The van der Waals surface area contributed by atoms with Gasteiger partial charge in [0.15, 0.2) is 0 Å². The molecule has 13 heavy (non-hydrogen) atoms. The number of carboxylic acid groups (broad SMARTS) is 1. The van der Waals surface area contributed by atoms with Gasteiger partial charge in [0.2, 0.25) is 0 Å². The molecule has 0 atom stereocenters. The molecular formula is C10H17NO2. The van der Waals surface area contributed by atoms with Crippen LogP contribution in [-0.4, -0.2) is 17.6 Å². The van der Waals surface area contributed by atoms with Crippen molar-refractivity contribution in [2.75, 3.05) is 6.54 Å². The molecule has 3 nitrogen and oxygen atoms in total. The van der Waals surface area contributed by atoms with Crippen LogP contribution in [0.2, 0.25) is 0 Å². The first kappa shape index (κ1) is 11.8. The van der Waals surface area contributed by atoms with Gasteiger partial charge < -0.3 is 10.4 Å². The lowest BCUT2D eigenvalue weighted by Gasteiger charge is -2.10. The number of hydrogen-bond acceptors (Lipinski definition) is 2. The Morgan fingerprint density at radius 1 is 1.62 bits per heavy atom. The summed E-state index contributed by atoms with van der Waals surface area (Å²) >= 11 is 0. The molecule has 0 aliphatic rings. The summed E-state index contributed by atoms with van der Waals surface area (Å²) in [5.41, 5.74) is 1.19. The van der Waals surface area contributed by atoms with Crippen molar-refractivity contribution in [3.05, 3.63) is 23.9 Å². The molecule has 0 rings (SSSR count). The molecule has 3 heteroatoms. The van der Waals surface area contributed by atoms with Crippen LogP contribution in [0.15, 0.2) is 23.9 Å². The van der Waals surface area contributed by atoms with Crippen LogP contribution in [0.4, 0.5) is 0 Å². The van der Waals surface area contributed by atoms with Crippen molar-refractivity contribution in [1.82, 2.24) is 5.32 Å². The smallest absolute Gasteiger partial charge is 0.333 e. The van der Waals surface area contributed by atoms with Crippen LogP contribution >= 0.6 is 0 Å². The normalized spacial score (nSPS) is 11.8. The maximum Gasteiger partial charge on any atom is 0.333 e. The topological polar surface area (TPSA) is 49.3 Å². The van der Waals surface area contributed by atoms with Crippen LogP contribution in [0, 0.1) is 0 Å². The van der Waals surface area contributed by atoms with Gasteiger partial charge in [0.05, 0.1) is 5.57 Å². The average Bonchev–Trinajstić information content (AvgIpc) is 2.11. The summed E-state index contributed by atoms with van der Waals surface area (Å²) in [6.07, 6.45) is 3.42. The minimum absolute atomic E-state index is 0.392. The first-order chi connectivity index (χ1) is 6.13. The second-order valence-corrected chi connectivity index (χ2v) is 2.83. The monoisotopic (exact) mass is 183 g/mol. The predicted molar refractivity (Wildman–Crippen MR) is 53.4 cm³/mol. The Morgan fingerprint density at radius 3 is 2.62 bits per heavy atom. The zero-order chi connectivity index (χ0) is 10.3. The van der Waals surface area contributed by atoms with Crippen molar-refractivity contribution >= 4 is 5.97 Å². The standard InChI is InChI=1S/C10H17NO2/c1-4-6-9(11-7-5-2)8(3)10(12)13/h5,11H,2,4,6-7H2,1,3H3,(H,12,13)/b9-8+. The first-order valence-electron chi connectivity index (χ1n) is 4.41. The van der Waals surface area contributed by atoms with E-state index < -0.39 is 5.97 Å². The molecule has 0 saturated carbocycles. The number of hydrogen-bond donors (Lipinski definition) is 2. The van der Waals surface area contributed by atoms with Crippen molar-refractivity contribution in [2.45, 2.75) is 26.7 Å². The summed E-state index contributed by atoms with van der Waals surface area (Å²) in [5, 5.41) is 11.8. The Morgan fingerprint density at radius 2 is 2.23 bits per heavy atom. The highest BCUT2D eigenvalue weighted by Crippen LogP contribution is 2.07. The SMILES string of the molecule is C=CCN/C(CCC)=C(\C)C(=O)O. The third-order valence-electron chi connectivity index (χ3n) is 1.73. The maximum absolute atomic E-state index is 10.7. The van der Waals surface area contributed by atoms with E-state index in [2.05, 4.69) is 11.9 Å². The molecule has 0 aromatic carbocycles. The summed E-state index contributed by atoms with van der Waals surface area (Å²) < 4.78 is 0. The van der Waals surface area contributed by atoms with Crippen LogP contribution in [0.3, 0.4) is 0 Å². The number of carboxylic acids is 1. The van der Waals surface area contributed by atoms with E-state index in [4.69, 9.17) is 5.11 Å². The maximum atomic E-state index is 10.7. The summed E-state index contributed by atoms with van der Waals surface area (Å²) in [5.74, 6) is -0.861. The fourth-order valence-electron chi connectivity index (χ4n) is 0.983. The minimum atomic E-state index is -0.861. The molecule has 0 fully saturated rings. The van der Waals surface area contributed by atoms with Crippen molar-refractivity contribution in [2.24, 2.45) is 0 Å². The summed E-state index contributed by atoms with van der Waals surface area (Å²) in [6.45, 7) is 7.81. The van der Waals surface area contributed by atoms with E-state index >= 15 is 0 Å². The Labute approximate surface area is 79.2 Å². The highest BCUT2D eigenvalue weighted by Gasteiger charge is 2.07. The quantitative estimate of drug-likeness (QED) is 0.488. The lowest BCUT2D eigenvalue weighted by atomic mass is 10.1. The molecule has 0 spiro atoms. The molecule has 0 unspecified atom stereocenters. The fraction of sp³-hybridized carbons (Fsp3) is 0.500. The zero-order valence-electron chi connectivity index (χ0n) is 8.26. The largest absolute Gasteiger partial charge is 0.478 e. The second-order valence-electron chi connectivity index (χ2n) is 2.83. The molecule has 0 radical (unpaired) electrons. The van der Waals surface area contributed by atoms with Gasteiger partial charge in [-0.3, -0.25) is 0 Å². The van der Waals surface area contributed by atoms with E-state index in [1.54, 1.807) is 13.0 Å². The molecule has 0 heterocycles. The van der Waals surface area contributed by atoms with E-state index in [1.807, 2.05) is 6.92 Å². The van der Waals surface area contributed by atoms with Crippen LogP contribution < -0.4 is 5.32 Å². The van der Waals surface area contributed by atoms with Crippen LogP contribution in [-0.2, 0) is 4.79 Å². The zero-order valence-corrected chi connectivity index (χ0v) is 8.26. The molecule has 0 saturated heterocycles. The lowest BCUT2D eigenvalue weighted by molar-refractivity contribution is -0.132. The molecular weight excluding hydrogens is 166 g/mol. The Balaban J connectivity index is 4.45. The average molecular weight is 183 g/mol. The Kier molecular flexibility index (Phi) is 5.68. The van der Waals surface area contributed by atoms with Gasteiger partial charge in [0.1, 0.15) is 0 Å². The van der Waals surface area contributed by atoms with E-state index in [0.717, 1.165) is 18.5 Å². The number of nitrogens with one attached hydrogen (secondary N) is 1. The number of carbonyl (C=O) groups is 1. The van der Waals surface area contributed by atoms with Gasteiger partial charge in [-0.05, 0) is 13.3 Å². The summed E-state index contributed by atoms with van der Waals surface area (Å²) in [6, 6.07) is 0. The molecule has 0 aromatic heterocycles. The summed E-state index contributed by atoms with van der Waals surface area (Å²) in [4.78, 5) is 10.7. The van der Waals surface area contributed by atoms with Crippen molar-refractivity contribution in [3.8, 4) is 0 Å². The van der Waals surface area contributed by atoms with Crippen molar-refractivity contribution < 1.29 is 9.90 Å². The van der Waals surface area contributed by atoms with Gasteiger partial charge in [-0.2, -0.15) is 0 Å². The van der Waals surface area contributed by atoms with E-state index in [9.17, 15) is 4.79 Å². The van der Waals surface area contributed by atoms with Gasteiger partial charge >= 0.3 is 5.97 Å². The molecule has 0 bridgehead atoms. The lowest BCUT2D eigenvalue weighted by Crippen LogP contribution is -2.17. The molecule has 0 amide bonds. The van der Waals surface area contributed by atoms with Gasteiger partial charge in [-0.15, -0.1) is 6.58 Å². The molecule has 2 N–H and O–H groups in total. The second kappa shape index (κ2) is 6.29. The number of rotatable bonds is 6. The summed E-state index contributed by atoms with van der Waals surface area (Å²) in [7, 11) is 0. The Hall–Kier alpha value is -1.25. The van der Waals surface area contributed by atoms with E-state index in [0.29, 0.717) is 12.1 Å². The van der Waals surface area contributed by atoms with Gasteiger partial charge in [-0.1, -0.05) is 19.4 Å². The Bertz CT molecular complexity index is 219. The van der Waals surface area contributed by atoms with E-state index in [-0.39, 0.29) is 0 Å². The highest BCUT2D eigenvalue weighted by atomic mass is 16.4. The first-order valence-corrected chi connectivity index (χ1v) is 4.41. The number of allylic oxidation sites excluding steroid dienone is 1. The molecule has 74 valence electrons. The fourth-order valence-corrected chi connectivity index (χ4v) is 0.983. The van der Waals surface area contributed by atoms with Gasteiger partial charge in [0, 0.05) is 12.2 Å². The van der Waals surface area contributed by atoms with Crippen LogP contribution in [0.5, 0.6) is 0 Å². The number of aliphatic carboxylic acids is 1. The van der Waals surface area contributed by atoms with Crippen LogP contribution in [0.25, 0.3) is 0 Å². The third-order valence-corrected chi connectivity index (χ3v) is 1.73. The van der Waals surface area contributed by atoms with Gasteiger partial charge in [-0.25, -0.2) is 4.79 Å². The van der Waals surface area contributed by atoms with Crippen LogP contribution in [0.1, 0.15) is 26.7 Å². The predicted octanol–water partition coefficient (Wildman–Crippen LogP) is 1.92. The van der Waals surface area contributed by atoms with Crippen molar-refractivity contribution in [3.63, 3.8) is 0 Å². The highest BCUT2D eigenvalue weighted by molar-refractivity contribution is 5.86. The molecule has 0 aromatic rings. The molecule has 0 aliphatic heterocycles.